The zero-order chi connectivity index (χ0) is 11.7. The first-order valence-electron chi connectivity index (χ1n) is 7.43. The number of nitrogens with one attached hydrogen (secondary N) is 1. The van der Waals surface area contributed by atoms with Crippen molar-refractivity contribution >= 4 is 0 Å². The van der Waals surface area contributed by atoms with Gasteiger partial charge in [0.05, 0.1) is 6.10 Å². The summed E-state index contributed by atoms with van der Waals surface area (Å²) in [6.45, 7) is 4.14. The van der Waals surface area contributed by atoms with E-state index in [1.165, 1.54) is 51.6 Å². The van der Waals surface area contributed by atoms with Gasteiger partial charge in [0.25, 0.3) is 0 Å². The molecular formula is C14H26N2O. The number of aliphatic hydroxyl groups excluding tert-OH is 1. The third-order valence-electron chi connectivity index (χ3n) is 4.61. The Balaban J connectivity index is 1.41. The fourth-order valence-electron chi connectivity index (χ4n) is 3.64. The van der Waals surface area contributed by atoms with E-state index in [9.17, 15) is 5.11 Å². The largest absolute Gasteiger partial charge is 0.390 e. The summed E-state index contributed by atoms with van der Waals surface area (Å²) in [5.74, 6) is 1.84. The van der Waals surface area contributed by atoms with Gasteiger partial charge in [0.15, 0.2) is 0 Å². The number of hydrogen-bond donors (Lipinski definition) is 2. The molecule has 2 aliphatic carbocycles. The Labute approximate surface area is 105 Å². The lowest BCUT2D eigenvalue weighted by molar-refractivity contribution is 0.0430. The molecule has 2 bridgehead atoms. The molecule has 2 saturated carbocycles. The minimum Gasteiger partial charge on any atom is -0.390 e. The normalized spacial score (nSPS) is 35.8. The van der Waals surface area contributed by atoms with Gasteiger partial charge in [0.2, 0.25) is 0 Å². The van der Waals surface area contributed by atoms with Crippen molar-refractivity contribution in [1.29, 1.82) is 0 Å². The number of aliphatic hydroxyl groups is 1. The molecule has 1 saturated heterocycles. The highest BCUT2D eigenvalue weighted by molar-refractivity contribution is 4.86. The van der Waals surface area contributed by atoms with E-state index in [0.29, 0.717) is 6.04 Å². The van der Waals surface area contributed by atoms with Crippen molar-refractivity contribution in [2.24, 2.45) is 11.8 Å². The Bertz CT molecular complexity index is 243. The summed E-state index contributed by atoms with van der Waals surface area (Å²) in [7, 11) is 0. The SMILES string of the molecule is OC(CNC1CC1)CN1CC2CCCC(C2)C1. The summed E-state index contributed by atoms with van der Waals surface area (Å²) in [6, 6.07) is 0.713. The Kier molecular flexibility index (Phi) is 3.69. The van der Waals surface area contributed by atoms with E-state index in [2.05, 4.69) is 10.2 Å². The summed E-state index contributed by atoms with van der Waals surface area (Å²) in [6.07, 6.45) is 8.17. The molecule has 0 amide bonds. The Hall–Kier alpha value is -0.120. The van der Waals surface area contributed by atoms with Gasteiger partial charge in [0.1, 0.15) is 0 Å². The van der Waals surface area contributed by atoms with Gasteiger partial charge >= 0.3 is 0 Å². The Morgan fingerprint density at radius 1 is 1.12 bits per heavy atom. The maximum atomic E-state index is 10.0. The van der Waals surface area contributed by atoms with Crippen molar-refractivity contribution in [1.82, 2.24) is 10.2 Å². The van der Waals surface area contributed by atoms with Crippen LogP contribution in [0.5, 0.6) is 0 Å². The number of nitrogens with zero attached hydrogens (tertiary/aromatic N) is 1. The molecule has 3 aliphatic rings. The molecule has 3 nitrogen and oxygen atoms in total. The molecule has 3 rings (SSSR count). The molecule has 3 heteroatoms. The average Bonchev–Trinajstić information content (AvgIpc) is 3.09. The lowest BCUT2D eigenvalue weighted by Crippen LogP contribution is -2.47. The van der Waals surface area contributed by atoms with Crippen molar-refractivity contribution < 1.29 is 5.11 Å². The molecule has 3 atom stereocenters. The average molecular weight is 238 g/mol. The monoisotopic (exact) mass is 238 g/mol. The smallest absolute Gasteiger partial charge is 0.0791 e. The first-order valence-corrected chi connectivity index (χ1v) is 7.43. The van der Waals surface area contributed by atoms with Gasteiger partial charge < -0.3 is 15.3 Å². The second-order valence-corrected chi connectivity index (χ2v) is 6.45. The molecule has 3 fully saturated rings. The summed E-state index contributed by atoms with van der Waals surface area (Å²) < 4.78 is 0. The van der Waals surface area contributed by atoms with Crippen LogP contribution in [0.3, 0.4) is 0 Å². The van der Waals surface area contributed by atoms with Crippen LogP contribution in [0.4, 0.5) is 0 Å². The lowest BCUT2D eigenvalue weighted by atomic mass is 9.78. The van der Waals surface area contributed by atoms with Crippen LogP contribution in [0.1, 0.15) is 38.5 Å². The Morgan fingerprint density at radius 2 is 1.82 bits per heavy atom. The van der Waals surface area contributed by atoms with Gasteiger partial charge in [-0.05, 0) is 43.9 Å². The van der Waals surface area contributed by atoms with Gasteiger partial charge in [-0.15, -0.1) is 0 Å². The standard InChI is InChI=1S/C14H26N2O/c17-14(7-15-13-4-5-13)10-16-8-11-2-1-3-12(6-11)9-16/h11-15,17H,1-10H2. The van der Waals surface area contributed by atoms with Gasteiger partial charge in [0, 0.05) is 32.2 Å². The molecule has 17 heavy (non-hydrogen) atoms. The topological polar surface area (TPSA) is 35.5 Å². The number of rotatable bonds is 5. The zero-order valence-corrected chi connectivity index (χ0v) is 10.8. The molecule has 3 unspecified atom stereocenters. The predicted octanol–water partition coefficient (Wildman–Crippen LogP) is 1.22. The minimum absolute atomic E-state index is 0.172. The van der Waals surface area contributed by atoms with E-state index in [1.807, 2.05) is 0 Å². The molecule has 0 aromatic heterocycles. The summed E-state index contributed by atoms with van der Waals surface area (Å²) in [5.41, 5.74) is 0. The van der Waals surface area contributed by atoms with E-state index in [1.54, 1.807) is 0 Å². The molecular weight excluding hydrogens is 212 g/mol. The van der Waals surface area contributed by atoms with E-state index < -0.39 is 0 Å². The van der Waals surface area contributed by atoms with Crippen LogP contribution in [-0.4, -0.2) is 48.3 Å². The first-order chi connectivity index (χ1) is 8.29. The van der Waals surface area contributed by atoms with Crippen molar-refractivity contribution in [3.63, 3.8) is 0 Å². The molecule has 98 valence electrons. The van der Waals surface area contributed by atoms with Crippen LogP contribution in [0.15, 0.2) is 0 Å². The third kappa shape index (κ3) is 3.43. The van der Waals surface area contributed by atoms with Crippen LogP contribution in [-0.2, 0) is 0 Å². The van der Waals surface area contributed by atoms with Crippen molar-refractivity contribution in [2.45, 2.75) is 50.7 Å². The third-order valence-corrected chi connectivity index (χ3v) is 4.61. The van der Waals surface area contributed by atoms with Crippen LogP contribution in [0.25, 0.3) is 0 Å². The number of β-amino-alcohol motifs (C(OH)–C–C–N with tert-alkyl or cyclic N) is 1. The number of likely N-dealkylation sites (tertiary alicyclic amines) is 1. The van der Waals surface area contributed by atoms with Gasteiger partial charge in [-0.1, -0.05) is 6.42 Å². The first kappa shape index (κ1) is 11.9. The number of fused-ring (bicyclic) bond motifs is 2. The summed E-state index contributed by atoms with van der Waals surface area (Å²) in [4.78, 5) is 2.51. The summed E-state index contributed by atoms with van der Waals surface area (Å²) >= 11 is 0. The van der Waals surface area contributed by atoms with E-state index >= 15 is 0 Å². The predicted molar refractivity (Wildman–Crippen MR) is 68.9 cm³/mol. The van der Waals surface area contributed by atoms with Crippen LogP contribution in [0.2, 0.25) is 0 Å². The molecule has 2 N–H and O–H groups in total. The van der Waals surface area contributed by atoms with Crippen LogP contribution < -0.4 is 5.32 Å². The van der Waals surface area contributed by atoms with Crippen molar-refractivity contribution in [3.8, 4) is 0 Å². The fourth-order valence-corrected chi connectivity index (χ4v) is 3.64. The minimum atomic E-state index is -0.172. The van der Waals surface area contributed by atoms with E-state index in [0.717, 1.165) is 24.9 Å². The molecule has 1 heterocycles. The van der Waals surface area contributed by atoms with Crippen LogP contribution in [0, 0.1) is 11.8 Å². The van der Waals surface area contributed by atoms with Crippen molar-refractivity contribution in [2.75, 3.05) is 26.2 Å². The van der Waals surface area contributed by atoms with Crippen molar-refractivity contribution in [3.05, 3.63) is 0 Å². The lowest BCUT2D eigenvalue weighted by Gasteiger charge is -2.42. The van der Waals surface area contributed by atoms with E-state index in [-0.39, 0.29) is 6.10 Å². The highest BCUT2D eigenvalue weighted by Gasteiger charge is 2.31. The highest BCUT2D eigenvalue weighted by Crippen LogP contribution is 2.34. The molecule has 0 spiro atoms. The van der Waals surface area contributed by atoms with Gasteiger partial charge in [-0.25, -0.2) is 0 Å². The van der Waals surface area contributed by atoms with Gasteiger partial charge in [-0.3, -0.25) is 0 Å². The molecule has 0 aromatic rings. The molecule has 0 radical (unpaired) electrons. The van der Waals surface area contributed by atoms with Gasteiger partial charge in [-0.2, -0.15) is 0 Å². The Morgan fingerprint density at radius 3 is 2.47 bits per heavy atom. The quantitative estimate of drug-likeness (QED) is 0.756. The number of piperidine rings is 1. The maximum Gasteiger partial charge on any atom is 0.0791 e. The van der Waals surface area contributed by atoms with E-state index in [4.69, 9.17) is 0 Å². The molecule has 0 aromatic carbocycles. The highest BCUT2D eigenvalue weighted by atomic mass is 16.3. The number of hydrogen-bond acceptors (Lipinski definition) is 3. The zero-order valence-electron chi connectivity index (χ0n) is 10.8. The maximum absolute atomic E-state index is 10.0. The second-order valence-electron chi connectivity index (χ2n) is 6.45. The second kappa shape index (κ2) is 5.25. The molecule has 1 aliphatic heterocycles. The fraction of sp³-hybridized carbons (Fsp3) is 1.00. The summed E-state index contributed by atoms with van der Waals surface area (Å²) in [5, 5.41) is 13.5. The van der Waals surface area contributed by atoms with Crippen LogP contribution >= 0.6 is 0 Å².